The number of unbranched alkanes of at least 4 members (excludes halogenated alkanes) is 9. The van der Waals surface area contributed by atoms with Crippen LogP contribution in [0.3, 0.4) is 0 Å². The highest BCUT2D eigenvalue weighted by molar-refractivity contribution is 7.29. The zero-order valence-corrected chi connectivity index (χ0v) is 47.3. The lowest BCUT2D eigenvalue weighted by Crippen LogP contribution is -1.81. The molecule has 10 rings (SSSR count). The van der Waals surface area contributed by atoms with Crippen LogP contribution in [0.5, 0.6) is 0 Å². The molecular weight excluding hydrogens is 1010 g/mol. The molecule has 0 atom stereocenters. The van der Waals surface area contributed by atoms with Crippen LogP contribution in [0.1, 0.15) is 112 Å². The number of aryl methyl sites for hydroxylation is 3. The number of hydrogen-bond acceptors (Lipinski definition) is 9. The van der Waals surface area contributed by atoms with Crippen molar-refractivity contribution in [1.29, 1.82) is 0 Å². The summed E-state index contributed by atoms with van der Waals surface area (Å²) in [5.74, 6) is 0. The summed E-state index contributed by atoms with van der Waals surface area (Å²) in [6.45, 7) is 6.87. The molecule has 69 heavy (non-hydrogen) atoms. The zero-order valence-electron chi connectivity index (χ0n) is 39.9. The molecule has 0 aliphatic heterocycles. The minimum absolute atomic E-state index is 1.20. The number of rotatable bonds is 24. The Morgan fingerprint density at radius 3 is 0.667 bits per heavy atom. The fraction of sp³-hybridized carbons (Fsp3) is 0.300. The first kappa shape index (κ1) is 49.1. The SMILES string of the molecule is CCCCCCc1ccc(-c2ccc(-c3ccc(-c4cc(-c5ccc(-c6ccc(-c7ccc(CCCCCC)s7)s6)s5)cc(-c5ccc(-c6ccc(-c7ccc(CCCCCC)s7)s6)s5)c4)s3)s2)s1. The van der Waals surface area contributed by atoms with Gasteiger partial charge in [-0.3, -0.25) is 0 Å². The lowest BCUT2D eigenvalue weighted by atomic mass is 10.0. The first-order chi connectivity index (χ1) is 34.0. The molecule has 0 spiro atoms. The smallest absolute Gasteiger partial charge is 0.0449 e. The molecule has 0 N–H and O–H groups in total. The molecule has 0 nitrogen and oxygen atoms in total. The fourth-order valence-electron chi connectivity index (χ4n) is 8.85. The summed E-state index contributed by atoms with van der Waals surface area (Å²) in [5, 5.41) is 0. The minimum atomic E-state index is 1.20. The standard InChI is InChI=1S/C60H60S9/c1-4-7-10-13-16-43-19-22-49(61-43)52-31-34-58(67-52)55-28-25-46(64-55)40-37-41(47-26-29-56(65-47)59-35-32-53(68-59)50-23-20-44(62-50)17-14-11-8-5-2)39-42(38-40)48-27-30-57(66-48)60-36-33-54(69-60)51-24-21-45(63-51)18-15-12-9-6-3/h19-39H,4-18H2,1-3H3. The van der Waals surface area contributed by atoms with Crippen molar-refractivity contribution in [3.05, 3.63) is 142 Å². The molecule has 9 heteroatoms. The van der Waals surface area contributed by atoms with Gasteiger partial charge in [-0.15, -0.1) is 102 Å². The summed E-state index contributed by atoms with van der Waals surface area (Å²) in [6, 6.07) is 49.5. The van der Waals surface area contributed by atoms with Crippen LogP contribution in [-0.2, 0) is 19.3 Å². The third kappa shape index (κ3) is 12.2. The number of hydrogen-bond donors (Lipinski definition) is 0. The molecule has 0 saturated carbocycles. The molecule has 0 radical (unpaired) electrons. The van der Waals surface area contributed by atoms with E-state index in [0.29, 0.717) is 0 Å². The normalized spacial score (nSPS) is 11.7. The van der Waals surface area contributed by atoms with Crippen LogP contribution in [0.2, 0.25) is 0 Å². The van der Waals surface area contributed by atoms with Gasteiger partial charge in [0, 0.05) is 87.8 Å². The molecule has 0 aliphatic carbocycles. The summed E-state index contributed by atoms with van der Waals surface area (Å²) < 4.78 is 0. The second kappa shape index (κ2) is 23.8. The molecule has 0 amide bonds. The van der Waals surface area contributed by atoms with E-state index in [1.54, 1.807) is 0 Å². The summed E-state index contributed by atoms with van der Waals surface area (Å²) in [5.41, 5.74) is 3.86. The zero-order chi connectivity index (χ0) is 46.9. The predicted molar refractivity (Wildman–Crippen MR) is 320 cm³/mol. The van der Waals surface area contributed by atoms with Gasteiger partial charge in [0.05, 0.1) is 0 Å². The third-order valence-corrected chi connectivity index (χ3v) is 24.0. The average molecular weight is 1070 g/mol. The van der Waals surface area contributed by atoms with Gasteiger partial charge in [0.25, 0.3) is 0 Å². The van der Waals surface area contributed by atoms with Gasteiger partial charge in [0.1, 0.15) is 0 Å². The molecule has 9 aromatic heterocycles. The summed E-state index contributed by atoms with van der Waals surface area (Å²) in [4.78, 5) is 24.9. The van der Waals surface area contributed by atoms with Gasteiger partial charge in [-0.1, -0.05) is 78.6 Å². The third-order valence-electron chi connectivity index (χ3n) is 12.7. The average Bonchev–Trinajstić information content (AvgIpc) is 4.21. The predicted octanol–water partition coefficient (Wildman–Crippen LogP) is 23.6. The molecule has 0 bridgehead atoms. The van der Waals surface area contributed by atoms with Crippen LogP contribution in [0.15, 0.2) is 127 Å². The molecule has 0 aliphatic rings. The van der Waals surface area contributed by atoms with E-state index in [-0.39, 0.29) is 0 Å². The van der Waals surface area contributed by atoms with Gasteiger partial charge in [-0.05, 0) is 183 Å². The van der Waals surface area contributed by atoms with E-state index in [9.17, 15) is 0 Å². The van der Waals surface area contributed by atoms with E-state index in [1.165, 1.54) is 201 Å². The topological polar surface area (TPSA) is 0 Å². The van der Waals surface area contributed by atoms with Crippen molar-refractivity contribution in [2.75, 3.05) is 0 Å². The number of benzene rings is 1. The van der Waals surface area contributed by atoms with Gasteiger partial charge in [-0.25, -0.2) is 0 Å². The Hall–Kier alpha value is -3.48. The van der Waals surface area contributed by atoms with E-state index in [0.717, 1.165) is 0 Å². The molecule has 0 unspecified atom stereocenters. The highest BCUT2D eigenvalue weighted by Crippen LogP contribution is 2.48. The van der Waals surface area contributed by atoms with Gasteiger partial charge in [0.2, 0.25) is 0 Å². The van der Waals surface area contributed by atoms with Gasteiger partial charge < -0.3 is 0 Å². The van der Waals surface area contributed by atoms with Crippen LogP contribution in [0.25, 0.3) is 89.8 Å². The second-order valence-corrected chi connectivity index (χ2v) is 28.0. The van der Waals surface area contributed by atoms with Crippen LogP contribution < -0.4 is 0 Å². The van der Waals surface area contributed by atoms with Crippen molar-refractivity contribution >= 4 is 102 Å². The van der Waals surface area contributed by atoms with Gasteiger partial charge in [-0.2, -0.15) is 0 Å². The molecule has 354 valence electrons. The maximum atomic E-state index is 2.44. The molecule has 9 heterocycles. The molecular formula is C60H60S9. The van der Waals surface area contributed by atoms with Gasteiger partial charge in [0.15, 0.2) is 0 Å². The first-order valence-corrected chi connectivity index (χ1v) is 32.4. The fourth-order valence-corrected chi connectivity index (χ4v) is 18.5. The molecule has 1 aromatic carbocycles. The highest BCUT2D eigenvalue weighted by Gasteiger charge is 2.17. The summed E-state index contributed by atoms with van der Waals surface area (Å²) in [7, 11) is 0. The van der Waals surface area contributed by atoms with Crippen molar-refractivity contribution in [3.8, 4) is 89.8 Å². The summed E-state index contributed by atoms with van der Waals surface area (Å²) >= 11 is 17.5. The first-order valence-electron chi connectivity index (χ1n) is 25.0. The summed E-state index contributed by atoms with van der Waals surface area (Å²) in [6.07, 6.45) is 19.4. The van der Waals surface area contributed by atoms with Crippen molar-refractivity contribution < 1.29 is 0 Å². The molecule has 10 aromatic rings. The van der Waals surface area contributed by atoms with Gasteiger partial charge >= 0.3 is 0 Å². The van der Waals surface area contributed by atoms with E-state index >= 15 is 0 Å². The van der Waals surface area contributed by atoms with Crippen molar-refractivity contribution in [3.63, 3.8) is 0 Å². The van der Waals surface area contributed by atoms with Crippen LogP contribution in [0.4, 0.5) is 0 Å². The van der Waals surface area contributed by atoms with Crippen LogP contribution in [0, 0.1) is 0 Å². The minimum Gasteiger partial charge on any atom is -0.139 e. The Kier molecular flexibility index (Phi) is 17.0. The Balaban J connectivity index is 0.916. The largest absolute Gasteiger partial charge is 0.139 e. The lowest BCUT2D eigenvalue weighted by Gasteiger charge is -2.07. The van der Waals surface area contributed by atoms with E-state index < -0.39 is 0 Å². The molecule has 0 saturated heterocycles. The molecule has 0 fully saturated rings. The van der Waals surface area contributed by atoms with E-state index in [1.807, 2.05) is 102 Å². The van der Waals surface area contributed by atoms with Crippen molar-refractivity contribution in [1.82, 2.24) is 0 Å². The second-order valence-electron chi connectivity index (χ2n) is 18.0. The maximum absolute atomic E-state index is 2.44. The Morgan fingerprint density at radius 1 is 0.217 bits per heavy atom. The van der Waals surface area contributed by atoms with Crippen molar-refractivity contribution in [2.45, 2.75) is 117 Å². The Bertz CT molecular complexity index is 2820. The maximum Gasteiger partial charge on any atom is 0.0449 e. The van der Waals surface area contributed by atoms with E-state index in [4.69, 9.17) is 0 Å². The highest BCUT2D eigenvalue weighted by atomic mass is 32.1. The van der Waals surface area contributed by atoms with E-state index in [2.05, 4.69) is 148 Å². The Labute approximate surface area is 446 Å². The quantitative estimate of drug-likeness (QED) is 0.0529. The monoisotopic (exact) mass is 1070 g/mol. The van der Waals surface area contributed by atoms with Crippen LogP contribution in [-0.4, -0.2) is 0 Å². The number of thiophene rings is 9. The Morgan fingerprint density at radius 2 is 0.420 bits per heavy atom. The van der Waals surface area contributed by atoms with Crippen LogP contribution >= 0.6 is 102 Å². The van der Waals surface area contributed by atoms with Crippen molar-refractivity contribution in [2.24, 2.45) is 0 Å². The lowest BCUT2D eigenvalue weighted by molar-refractivity contribution is 0.670.